The van der Waals surface area contributed by atoms with E-state index in [2.05, 4.69) is 5.32 Å². The van der Waals surface area contributed by atoms with Crippen molar-refractivity contribution in [1.82, 2.24) is 5.32 Å². The van der Waals surface area contributed by atoms with E-state index in [1.54, 1.807) is 20.8 Å². The molecule has 0 fully saturated rings. The number of carbonyl (C=O) groups excluding carboxylic acids is 2. The van der Waals surface area contributed by atoms with Gasteiger partial charge in [-0.3, -0.25) is 4.79 Å². The lowest BCUT2D eigenvalue weighted by Crippen LogP contribution is -2.44. The van der Waals surface area contributed by atoms with Crippen molar-refractivity contribution in [1.29, 1.82) is 0 Å². The summed E-state index contributed by atoms with van der Waals surface area (Å²) in [5.74, 6) is -0.654. The molecule has 0 aliphatic rings. The lowest BCUT2D eigenvalue weighted by molar-refractivity contribution is -0.158. The van der Waals surface area contributed by atoms with Gasteiger partial charge in [-0.1, -0.05) is 30.3 Å². The summed E-state index contributed by atoms with van der Waals surface area (Å²) >= 11 is 0. The second-order valence-electron chi connectivity index (χ2n) is 5.48. The average molecular weight is 265 g/mol. The summed E-state index contributed by atoms with van der Waals surface area (Å²) in [6, 6.07) is 8.88. The quantitative estimate of drug-likeness (QED) is 0.850. The molecule has 0 bridgehead atoms. The van der Waals surface area contributed by atoms with Gasteiger partial charge in [-0.05, 0) is 26.3 Å². The van der Waals surface area contributed by atoms with Gasteiger partial charge < -0.3 is 10.1 Å². The van der Waals surface area contributed by atoms with Gasteiger partial charge in [0.15, 0.2) is 0 Å². The number of hydrogen-bond donors (Lipinski definition) is 1. The molecule has 1 amide bonds. The maximum Gasteiger partial charge on any atom is 0.329 e. The SMILES string of the molecule is CC(=O)N[C@H](Cc1ccccc1)C(=O)OC(C)(C)C.[HH]. The molecule has 0 aromatic heterocycles. The maximum atomic E-state index is 12.1. The number of carbonyl (C=O) groups is 2. The van der Waals surface area contributed by atoms with E-state index in [-0.39, 0.29) is 7.33 Å². The Labute approximate surface area is 115 Å². The van der Waals surface area contributed by atoms with Gasteiger partial charge >= 0.3 is 5.97 Å². The summed E-state index contributed by atoms with van der Waals surface area (Å²) in [6.07, 6.45) is 0.426. The second kappa shape index (κ2) is 6.36. The van der Waals surface area contributed by atoms with E-state index in [4.69, 9.17) is 4.74 Å². The van der Waals surface area contributed by atoms with Crippen LogP contribution in [0.15, 0.2) is 30.3 Å². The summed E-state index contributed by atoms with van der Waals surface area (Å²) in [7, 11) is 0. The van der Waals surface area contributed by atoms with Crippen LogP contribution in [0.4, 0.5) is 0 Å². The van der Waals surface area contributed by atoms with Crippen LogP contribution in [0.3, 0.4) is 0 Å². The molecule has 0 aliphatic carbocycles. The zero-order chi connectivity index (χ0) is 14.5. The first-order chi connectivity index (χ1) is 8.78. The van der Waals surface area contributed by atoms with Crippen molar-refractivity contribution in [2.45, 2.75) is 45.8 Å². The van der Waals surface area contributed by atoms with E-state index in [0.29, 0.717) is 6.42 Å². The minimum absolute atomic E-state index is 0. The lowest BCUT2D eigenvalue weighted by Gasteiger charge is -2.24. The van der Waals surface area contributed by atoms with E-state index >= 15 is 0 Å². The van der Waals surface area contributed by atoms with Gasteiger partial charge in [0.1, 0.15) is 11.6 Å². The standard InChI is InChI=1S/C15H21NO3.H2/c1-11(17)16-13(14(18)19-15(2,3)4)10-12-8-6-5-7-9-12;/h5-9,13H,10H2,1-4H3,(H,16,17);1H/t13-;/m1./s1. The largest absolute Gasteiger partial charge is 0.458 e. The molecule has 1 rings (SSSR count). The summed E-state index contributed by atoms with van der Waals surface area (Å²) in [5, 5.41) is 2.64. The highest BCUT2D eigenvalue weighted by atomic mass is 16.6. The fraction of sp³-hybridized carbons (Fsp3) is 0.467. The van der Waals surface area contributed by atoms with Crippen LogP contribution >= 0.6 is 0 Å². The molecule has 4 heteroatoms. The van der Waals surface area contributed by atoms with Crippen molar-refractivity contribution in [3.8, 4) is 0 Å². The van der Waals surface area contributed by atoms with Crippen LogP contribution in [0.2, 0.25) is 0 Å². The molecule has 19 heavy (non-hydrogen) atoms. The Bertz CT molecular complexity index is 440. The Morgan fingerprint density at radius 2 is 1.84 bits per heavy atom. The first-order valence-corrected chi connectivity index (χ1v) is 6.32. The molecule has 1 aromatic carbocycles. The Morgan fingerprint density at radius 3 is 2.32 bits per heavy atom. The zero-order valence-electron chi connectivity index (χ0n) is 11.9. The number of ether oxygens (including phenoxy) is 1. The van der Waals surface area contributed by atoms with E-state index in [0.717, 1.165) is 5.56 Å². The van der Waals surface area contributed by atoms with Crippen LogP contribution in [0.5, 0.6) is 0 Å². The monoisotopic (exact) mass is 265 g/mol. The van der Waals surface area contributed by atoms with Gasteiger partial charge in [0.25, 0.3) is 0 Å². The van der Waals surface area contributed by atoms with E-state index < -0.39 is 17.6 Å². The van der Waals surface area contributed by atoms with E-state index in [1.807, 2.05) is 30.3 Å². The average Bonchev–Trinajstić information content (AvgIpc) is 2.26. The number of amides is 1. The van der Waals surface area contributed by atoms with Gasteiger partial charge in [-0.2, -0.15) is 0 Å². The molecule has 0 heterocycles. The highest BCUT2D eigenvalue weighted by Gasteiger charge is 2.25. The highest BCUT2D eigenvalue weighted by molar-refractivity contribution is 5.83. The summed E-state index contributed by atoms with van der Waals surface area (Å²) in [6.45, 7) is 6.80. The zero-order valence-corrected chi connectivity index (χ0v) is 11.9. The number of rotatable bonds is 4. The topological polar surface area (TPSA) is 55.4 Å². The summed E-state index contributed by atoms with van der Waals surface area (Å²) < 4.78 is 5.32. The predicted octanol–water partition coefficient (Wildman–Crippen LogP) is 2.32. The Kier molecular flexibility index (Phi) is 5.10. The van der Waals surface area contributed by atoms with Crippen LogP contribution in [0.1, 0.15) is 34.7 Å². The van der Waals surface area contributed by atoms with Crippen molar-refractivity contribution >= 4 is 11.9 Å². The molecular formula is C15H23NO3. The number of benzene rings is 1. The number of esters is 1. The van der Waals surface area contributed by atoms with Gasteiger partial charge in [0, 0.05) is 14.8 Å². The van der Waals surface area contributed by atoms with Crippen molar-refractivity contribution in [2.75, 3.05) is 0 Å². The molecule has 4 nitrogen and oxygen atoms in total. The van der Waals surface area contributed by atoms with Crippen LogP contribution in [-0.2, 0) is 20.7 Å². The molecule has 1 N–H and O–H groups in total. The maximum absolute atomic E-state index is 12.1. The molecule has 0 radical (unpaired) electrons. The minimum atomic E-state index is -0.654. The third-order valence-corrected chi connectivity index (χ3v) is 2.35. The lowest BCUT2D eigenvalue weighted by atomic mass is 10.1. The van der Waals surface area contributed by atoms with Crippen molar-refractivity contribution < 1.29 is 15.8 Å². The van der Waals surface area contributed by atoms with Crippen LogP contribution in [0, 0.1) is 0 Å². The molecular weight excluding hydrogens is 242 g/mol. The van der Waals surface area contributed by atoms with Gasteiger partial charge in [-0.25, -0.2) is 4.79 Å². The first-order valence-electron chi connectivity index (χ1n) is 6.32. The van der Waals surface area contributed by atoms with Gasteiger partial charge in [0.2, 0.25) is 5.91 Å². The minimum Gasteiger partial charge on any atom is -0.458 e. The Morgan fingerprint density at radius 1 is 1.26 bits per heavy atom. The Balaban J connectivity index is 0.00000361. The molecule has 0 spiro atoms. The highest BCUT2D eigenvalue weighted by Crippen LogP contribution is 2.11. The summed E-state index contributed by atoms with van der Waals surface area (Å²) in [5.41, 5.74) is 0.414. The molecule has 106 valence electrons. The summed E-state index contributed by atoms with van der Waals surface area (Å²) in [4.78, 5) is 23.3. The van der Waals surface area contributed by atoms with Crippen molar-refractivity contribution in [3.63, 3.8) is 0 Å². The van der Waals surface area contributed by atoms with Gasteiger partial charge in [0.05, 0.1) is 0 Å². The fourth-order valence-corrected chi connectivity index (χ4v) is 1.66. The fourth-order valence-electron chi connectivity index (χ4n) is 1.66. The number of hydrogen-bond acceptors (Lipinski definition) is 3. The Hall–Kier alpha value is -1.84. The molecule has 1 atom stereocenters. The third kappa shape index (κ3) is 6.04. The first kappa shape index (κ1) is 15.2. The van der Waals surface area contributed by atoms with Crippen LogP contribution < -0.4 is 5.32 Å². The smallest absolute Gasteiger partial charge is 0.329 e. The second-order valence-corrected chi connectivity index (χ2v) is 5.48. The van der Waals surface area contributed by atoms with Gasteiger partial charge in [-0.15, -0.1) is 0 Å². The van der Waals surface area contributed by atoms with Crippen LogP contribution in [0.25, 0.3) is 0 Å². The third-order valence-electron chi connectivity index (χ3n) is 2.35. The number of nitrogens with one attached hydrogen (secondary N) is 1. The predicted molar refractivity (Wildman–Crippen MR) is 75.7 cm³/mol. The normalized spacial score (nSPS) is 12.6. The molecule has 0 saturated carbocycles. The van der Waals surface area contributed by atoms with Crippen molar-refractivity contribution in [3.05, 3.63) is 35.9 Å². The molecule has 0 saturated heterocycles. The van der Waals surface area contributed by atoms with Crippen LogP contribution in [-0.4, -0.2) is 23.5 Å². The molecule has 0 unspecified atom stereocenters. The van der Waals surface area contributed by atoms with E-state index in [9.17, 15) is 9.59 Å². The molecule has 0 aliphatic heterocycles. The van der Waals surface area contributed by atoms with E-state index in [1.165, 1.54) is 6.92 Å². The van der Waals surface area contributed by atoms with Crippen molar-refractivity contribution in [2.24, 2.45) is 0 Å². The molecule has 1 aromatic rings.